The number of fused-ring (bicyclic) bond motifs is 1. The van der Waals surface area contributed by atoms with Gasteiger partial charge in [0, 0.05) is 6.04 Å². The normalized spacial score (nSPS) is 12.2. The van der Waals surface area contributed by atoms with Crippen molar-refractivity contribution in [3.05, 3.63) is 58.9 Å². The lowest BCUT2D eigenvalue weighted by Gasteiger charge is -2.17. The number of carbonyl (C=O) groups excluding carboxylic acids is 1. The van der Waals surface area contributed by atoms with Crippen molar-refractivity contribution in [1.82, 2.24) is 14.9 Å². The van der Waals surface area contributed by atoms with Gasteiger partial charge >= 0.3 is 0 Å². The number of carbonyl (C=O) groups is 1. The lowest BCUT2D eigenvalue weighted by molar-refractivity contribution is -0.120. The lowest BCUT2D eigenvalue weighted by atomic mass is 10.2. The second kappa shape index (κ2) is 8.48. The van der Waals surface area contributed by atoms with Crippen LogP contribution in [0.3, 0.4) is 0 Å². The molecule has 1 amide bonds. The molecule has 0 spiro atoms. The van der Waals surface area contributed by atoms with Gasteiger partial charge in [0.25, 0.3) is 5.56 Å². The maximum atomic E-state index is 13.2. The molecule has 7 heteroatoms. The van der Waals surface area contributed by atoms with Gasteiger partial charge in [0.1, 0.15) is 5.75 Å². The lowest BCUT2D eigenvalue weighted by Crippen LogP contribution is -2.36. The maximum Gasteiger partial charge on any atom is 0.266 e. The van der Waals surface area contributed by atoms with Crippen LogP contribution < -0.4 is 15.6 Å². The fraction of sp³-hybridized carbons (Fsp3) is 0.286. The summed E-state index contributed by atoms with van der Waals surface area (Å²) < 4.78 is 6.75. The van der Waals surface area contributed by atoms with E-state index < -0.39 is 5.25 Å². The van der Waals surface area contributed by atoms with Gasteiger partial charge in [0.2, 0.25) is 5.91 Å². The highest BCUT2D eigenvalue weighted by Crippen LogP contribution is 2.26. The largest absolute Gasteiger partial charge is 0.497 e. The van der Waals surface area contributed by atoms with Crippen LogP contribution in [0, 0.1) is 0 Å². The molecule has 0 unspecified atom stereocenters. The van der Waals surface area contributed by atoms with Crippen LogP contribution in [0.4, 0.5) is 0 Å². The van der Waals surface area contributed by atoms with Gasteiger partial charge in [0.15, 0.2) is 5.16 Å². The standard InChI is InChI=1S/C21H23N3O3S/c1-13(2)22-19(25)14(3)28-21-23-18-8-6-5-7-17(18)20(26)24(21)15-9-11-16(27-4)12-10-15/h5-14H,1-4H3,(H,22,25)/t14-/m1/s1. The number of nitrogens with zero attached hydrogens (tertiary/aromatic N) is 2. The third-order valence-corrected chi connectivity index (χ3v) is 5.21. The minimum atomic E-state index is -0.403. The molecule has 1 heterocycles. The molecule has 1 aromatic heterocycles. The van der Waals surface area contributed by atoms with Gasteiger partial charge in [-0.15, -0.1) is 0 Å². The molecular weight excluding hydrogens is 374 g/mol. The summed E-state index contributed by atoms with van der Waals surface area (Å²) in [4.78, 5) is 30.3. The van der Waals surface area contributed by atoms with E-state index >= 15 is 0 Å². The number of aromatic nitrogens is 2. The zero-order valence-electron chi connectivity index (χ0n) is 16.3. The molecule has 0 fully saturated rings. The van der Waals surface area contributed by atoms with Crippen LogP contribution >= 0.6 is 11.8 Å². The minimum absolute atomic E-state index is 0.0453. The number of benzene rings is 2. The van der Waals surface area contributed by atoms with Crippen LogP contribution in [0.5, 0.6) is 5.75 Å². The smallest absolute Gasteiger partial charge is 0.266 e. The predicted octanol–water partition coefficient (Wildman–Crippen LogP) is 3.40. The first-order chi connectivity index (χ1) is 13.4. The second-order valence-electron chi connectivity index (χ2n) is 6.67. The average Bonchev–Trinajstić information content (AvgIpc) is 2.68. The summed E-state index contributed by atoms with van der Waals surface area (Å²) in [6, 6.07) is 14.5. The zero-order chi connectivity index (χ0) is 20.3. The molecule has 1 N–H and O–H groups in total. The first kappa shape index (κ1) is 19.9. The number of hydrogen-bond acceptors (Lipinski definition) is 5. The minimum Gasteiger partial charge on any atom is -0.497 e. The van der Waals surface area contributed by atoms with Gasteiger partial charge in [-0.05, 0) is 57.2 Å². The van der Waals surface area contributed by atoms with Crippen molar-refractivity contribution in [2.45, 2.75) is 37.2 Å². The number of methoxy groups -OCH3 is 1. The highest BCUT2D eigenvalue weighted by atomic mass is 32.2. The van der Waals surface area contributed by atoms with E-state index in [9.17, 15) is 9.59 Å². The molecule has 28 heavy (non-hydrogen) atoms. The van der Waals surface area contributed by atoms with Crippen LogP contribution in [0.15, 0.2) is 58.5 Å². The third-order valence-electron chi connectivity index (χ3n) is 4.16. The van der Waals surface area contributed by atoms with Gasteiger partial charge in [-0.1, -0.05) is 23.9 Å². The zero-order valence-corrected chi connectivity index (χ0v) is 17.1. The van der Waals surface area contributed by atoms with E-state index in [1.807, 2.05) is 32.9 Å². The fourth-order valence-corrected chi connectivity index (χ4v) is 3.70. The Morgan fingerprint density at radius 1 is 1.11 bits per heavy atom. The molecule has 0 aliphatic rings. The summed E-state index contributed by atoms with van der Waals surface area (Å²) >= 11 is 1.26. The van der Waals surface area contributed by atoms with E-state index in [0.717, 1.165) is 0 Å². The maximum absolute atomic E-state index is 13.2. The molecule has 146 valence electrons. The topological polar surface area (TPSA) is 73.2 Å². The Morgan fingerprint density at radius 2 is 1.79 bits per heavy atom. The number of para-hydroxylation sites is 1. The Kier molecular flexibility index (Phi) is 6.04. The van der Waals surface area contributed by atoms with Crippen LogP contribution in [-0.4, -0.2) is 33.9 Å². The molecule has 0 aliphatic heterocycles. The number of thioether (sulfide) groups is 1. The quantitative estimate of drug-likeness (QED) is 0.510. The Balaban J connectivity index is 2.11. The molecule has 6 nitrogen and oxygen atoms in total. The third kappa shape index (κ3) is 4.20. The van der Waals surface area contributed by atoms with E-state index in [2.05, 4.69) is 10.3 Å². The van der Waals surface area contributed by atoms with Crippen LogP contribution in [0.1, 0.15) is 20.8 Å². The predicted molar refractivity (Wildman–Crippen MR) is 112 cm³/mol. The summed E-state index contributed by atoms with van der Waals surface area (Å²) in [5.41, 5.74) is 1.11. The van der Waals surface area contributed by atoms with Gasteiger partial charge in [-0.2, -0.15) is 0 Å². The number of amides is 1. The first-order valence-corrected chi connectivity index (χ1v) is 9.92. The highest BCUT2D eigenvalue weighted by molar-refractivity contribution is 8.00. The van der Waals surface area contributed by atoms with E-state index in [1.165, 1.54) is 11.8 Å². The van der Waals surface area contributed by atoms with Crippen molar-refractivity contribution in [3.63, 3.8) is 0 Å². The van der Waals surface area contributed by atoms with E-state index in [1.54, 1.807) is 48.1 Å². The van der Waals surface area contributed by atoms with Crippen molar-refractivity contribution in [2.75, 3.05) is 7.11 Å². The van der Waals surface area contributed by atoms with Crippen LogP contribution in [0.25, 0.3) is 16.6 Å². The Morgan fingerprint density at radius 3 is 2.43 bits per heavy atom. The molecule has 2 aromatic carbocycles. The summed E-state index contributed by atoms with van der Waals surface area (Å²) in [5.74, 6) is 0.605. The molecule has 1 atom stereocenters. The number of rotatable bonds is 6. The first-order valence-electron chi connectivity index (χ1n) is 9.04. The van der Waals surface area contributed by atoms with Crippen LogP contribution in [-0.2, 0) is 4.79 Å². The second-order valence-corrected chi connectivity index (χ2v) is 7.98. The molecule has 0 saturated heterocycles. The number of ether oxygens (including phenoxy) is 1. The molecule has 0 aliphatic carbocycles. The number of hydrogen-bond donors (Lipinski definition) is 1. The molecule has 3 rings (SSSR count). The van der Waals surface area contributed by atoms with Crippen molar-refractivity contribution >= 4 is 28.6 Å². The average molecular weight is 398 g/mol. The van der Waals surface area contributed by atoms with E-state index in [0.29, 0.717) is 27.5 Å². The van der Waals surface area contributed by atoms with E-state index in [4.69, 9.17) is 4.74 Å². The Labute approximate surface area is 167 Å². The molecule has 0 radical (unpaired) electrons. The van der Waals surface area contributed by atoms with Crippen molar-refractivity contribution in [1.29, 1.82) is 0 Å². The van der Waals surface area contributed by atoms with Gasteiger partial charge < -0.3 is 10.1 Å². The molecular formula is C21H23N3O3S. The summed E-state index contributed by atoms with van der Waals surface area (Å²) in [6.07, 6.45) is 0. The van der Waals surface area contributed by atoms with Crippen molar-refractivity contribution in [3.8, 4) is 11.4 Å². The van der Waals surface area contributed by atoms with Crippen molar-refractivity contribution < 1.29 is 9.53 Å². The summed E-state index contributed by atoms with van der Waals surface area (Å²) in [6.45, 7) is 5.63. The molecule has 0 bridgehead atoms. The summed E-state index contributed by atoms with van der Waals surface area (Å²) in [7, 11) is 1.59. The van der Waals surface area contributed by atoms with Gasteiger partial charge in [-0.3, -0.25) is 14.2 Å². The van der Waals surface area contributed by atoms with Gasteiger partial charge in [-0.25, -0.2) is 4.98 Å². The number of nitrogens with one attached hydrogen (secondary N) is 1. The summed E-state index contributed by atoms with van der Waals surface area (Å²) in [5, 5.41) is 3.50. The van der Waals surface area contributed by atoms with Gasteiger partial charge in [0.05, 0.1) is 29.0 Å². The molecule has 3 aromatic rings. The fourth-order valence-electron chi connectivity index (χ4n) is 2.76. The SMILES string of the molecule is COc1ccc(-n2c(S[C@H](C)C(=O)NC(C)C)nc3ccccc3c2=O)cc1. The molecule has 0 saturated carbocycles. The van der Waals surface area contributed by atoms with E-state index in [-0.39, 0.29) is 17.5 Å². The Hall–Kier alpha value is -2.80. The highest BCUT2D eigenvalue weighted by Gasteiger charge is 2.20. The Bertz CT molecular complexity index is 1040. The monoisotopic (exact) mass is 397 g/mol. The van der Waals surface area contributed by atoms with Crippen LogP contribution in [0.2, 0.25) is 0 Å². The van der Waals surface area contributed by atoms with Crippen molar-refractivity contribution in [2.24, 2.45) is 0 Å².